The Morgan fingerprint density at radius 1 is 0.358 bits per heavy atom. The molecule has 0 spiro atoms. The van der Waals surface area contributed by atoms with Gasteiger partial charge in [0.25, 0.3) is 0 Å². The van der Waals surface area contributed by atoms with E-state index < -0.39 is 0 Å². The molecule has 0 saturated heterocycles. The van der Waals surface area contributed by atoms with Crippen LogP contribution in [0.1, 0.15) is 36.1 Å². The number of rotatable bonds is 4. The molecular formula is C53H38. The van der Waals surface area contributed by atoms with Crippen molar-refractivity contribution in [2.45, 2.75) is 32.1 Å². The minimum absolute atomic E-state index is 0.0876. The molecule has 0 heteroatoms. The van der Waals surface area contributed by atoms with Crippen molar-refractivity contribution < 1.29 is 0 Å². The van der Waals surface area contributed by atoms with E-state index in [1.54, 1.807) is 0 Å². The standard InChI is InChI=1S/C53H38/c1-53(2)49-31-41(22-26-45(49)46-27-23-42(32-50(46)53)40-17-14-33-8-6-7-11-39(33)30-40)34-12-15-36(16-13-34)44-25-19-38-20-28-47-43(35-9-4-3-5-10-35)24-18-37-21-29-48(44)52(38)51(37)47/h3-7,9-10,12-32H,8,11H2,1-2H3. The number of hydrogen-bond acceptors (Lipinski definition) is 0. The van der Waals surface area contributed by atoms with E-state index in [9.17, 15) is 0 Å². The summed E-state index contributed by atoms with van der Waals surface area (Å²) in [5.41, 5.74) is 18.6. The van der Waals surface area contributed by atoms with Crippen LogP contribution in [0.15, 0.2) is 170 Å². The van der Waals surface area contributed by atoms with Gasteiger partial charge in [0.05, 0.1) is 0 Å². The molecule has 0 saturated carbocycles. The lowest BCUT2D eigenvalue weighted by molar-refractivity contribution is 0.661. The molecule has 0 fully saturated rings. The molecule has 0 amide bonds. The molecule has 11 rings (SSSR count). The molecule has 250 valence electrons. The van der Waals surface area contributed by atoms with Crippen LogP contribution in [-0.2, 0) is 18.3 Å². The van der Waals surface area contributed by atoms with Gasteiger partial charge >= 0.3 is 0 Å². The van der Waals surface area contributed by atoms with Gasteiger partial charge in [-0.1, -0.05) is 172 Å². The van der Waals surface area contributed by atoms with Gasteiger partial charge in [0.2, 0.25) is 0 Å². The van der Waals surface area contributed by atoms with Crippen LogP contribution in [0.25, 0.3) is 88.0 Å². The molecule has 0 aromatic heterocycles. The third kappa shape index (κ3) is 4.62. The minimum Gasteiger partial charge on any atom is -0.0838 e. The molecule has 9 aromatic rings. The van der Waals surface area contributed by atoms with Crippen molar-refractivity contribution in [2.75, 3.05) is 0 Å². The van der Waals surface area contributed by atoms with Gasteiger partial charge in [-0.05, 0) is 135 Å². The van der Waals surface area contributed by atoms with E-state index in [0.717, 1.165) is 12.8 Å². The monoisotopic (exact) mass is 674 g/mol. The molecule has 0 unspecified atom stereocenters. The average Bonchev–Trinajstić information content (AvgIpc) is 3.44. The highest BCUT2D eigenvalue weighted by atomic mass is 14.4. The molecule has 2 aliphatic carbocycles. The molecule has 0 N–H and O–H groups in total. The van der Waals surface area contributed by atoms with E-state index in [0.29, 0.717) is 0 Å². The smallest absolute Gasteiger partial charge is 0.0159 e. The summed E-state index contributed by atoms with van der Waals surface area (Å²) in [5, 5.41) is 7.91. The number of benzene rings is 9. The van der Waals surface area contributed by atoms with Crippen molar-refractivity contribution in [2.24, 2.45) is 0 Å². The second-order valence-corrected chi connectivity index (χ2v) is 15.6. The fourth-order valence-electron chi connectivity index (χ4n) is 9.48. The zero-order valence-corrected chi connectivity index (χ0v) is 30.1. The summed E-state index contributed by atoms with van der Waals surface area (Å²) in [6.45, 7) is 4.78. The Morgan fingerprint density at radius 2 is 0.811 bits per heavy atom. The first-order valence-electron chi connectivity index (χ1n) is 18.9. The quantitative estimate of drug-likeness (QED) is 0.129. The van der Waals surface area contributed by atoms with Gasteiger partial charge in [0, 0.05) is 5.41 Å². The van der Waals surface area contributed by atoms with E-state index in [1.165, 1.54) is 110 Å². The Kier molecular flexibility index (Phi) is 6.53. The summed E-state index contributed by atoms with van der Waals surface area (Å²) >= 11 is 0. The second kappa shape index (κ2) is 11.4. The lowest BCUT2D eigenvalue weighted by Gasteiger charge is -2.23. The maximum Gasteiger partial charge on any atom is 0.0159 e. The highest BCUT2D eigenvalue weighted by molar-refractivity contribution is 6.27. The van der Waals surface area contributed by atoms with Crippen LogP contribution in [0, 0.1) is 0 Å². The molecule has 0 nitrogen and oxygen atoms in total. The van der Waals surface area contributed by atoms with Gasteiger partial charge < -0.3 is 0 Å². The highest BCUT2D eigenvalue weighted by Crippen LogP contribution is 2.51. The average molecular weight is 675 g/mol. The van der Waals surface area contributed by atoms with Crippen LogP contribution < -0.4 is 0 Å². The van der Waals surface area contributed by atoms with Crippen molar-refractivity contribution in [3.8, 4) is 55.6 Å². The van der Waals surface area contributed by atoms with Gasteiger partial charge in [0.15, 0.2) is 0 Å². The van der Waals surface area contributed by atoms with E-state index in [1.807, 2.05) is 0 Å². The summed E-state index contributed by atoms with van der Waals surface area (Å²) in [6, 6.07) is 59.7. The fourth-order valence-corrected chi connectivity index (χ4v) is 9.48. The van der Waals surface area contributed by atoms with Crippen molar-refractivity contribution in [1.29, 1.82) is 0 Å². The van der Waals surface area contributed by atoms with E-state index in [4.69, 9.17) is 0 Å². The van der Waals surface area contributed by atoms with Crippen LogP contribution in [0.4, 0.5) is 0 Å². The molecule has 0 radical (unpaired) electrons. The van der Waals surface area contributed by atoms with Gasteiger partial charge in [-0.2, -0.15) is 0 Å². The van der Waals surface area contributed by atoms with E-state index >= 15 is 0 Å². The van der Waals surface area contributed by atoms with Crippen LogP contribution in [-0.4, -0.2) is 0 Å². The lowest BCUT2D eigenvalue weighted by atomic mass is 9.80. The normalized spacial score (nSPS) is 14.2. The Morgan fingerprint density at radius 3 is 1.43 bits per heavy atom. The van der Waals surface area contributed by atoms with Crippen LogP contribution in [0.5, 0.6) is 0 Å². The zero-order chi connectivity index (χ0) is 35.3. The predicted octanol–water partition coefficient (Wildman–Crippen LogP) is 14.2. The molecule has 0 atom stereocenters. The van der Waals surface area contributed by atoms with E-state index in [-0.39, 0.29) is 5.41 Å². The summed E-state index contributed by atoms with van der Waals surface area (Å²) in [6.07, 6.45) is 6.66. The maximum absolute atomic E-state index is 2.45. The Balaban J connectivity index is 0.945. The highest BCUT2D eigenvalue weighted by Gasteiger charge is 2.36. The van der Waals surface area contributed by atoms with Crippen LogP contribution in [0.2, 0.25) is 0 Å². The SMILES string of the molecule is CC1(C)c2cc(-c3ccc(-c4ccc5ccc6c(-c7ccccc7)ccc7ccc4c5c76)cc3)ccc2-c2ccc(-c3ccc4c(c3)CC=CC4)cc21. The van der Waals surface area contributed by atoms with Crippen LogP contribution in [0.3, 0.4) is 0 Å². The van der Waals surface area contributed by atoms with Gasteiger partial charge in [-0.25, -0.2) is 0 Å². The number of allylic oxidation sites excluding steroid dienone is 2. The molecule has 9 aromatic carbocycles. The van der Waals surface area contributed by atoms with Crippen molar-refractivity contribution in [3.05, 3.63) is 192 Å². The number of hydrogen-bond donors (Lipinski definition) is 0. The fraction of sp³-hybridized carbons (Fsp3) is 0.0943. The summed E-state index contributed by atoms with van der Waals surface area (Å²) < 4.78 is 0. The first kappa shape index (κ1) is 30.4. The van der Waals surface area contributed by atoms with E-state index in [2.05, 4.69) is 184 Å². The molecule has 53 heavy (non-hydrogen) atoms. The Labute approximate surface area is 311 Å². The largest absolute Gasteiger partial charge is 0.0838 e. The molecule has 0 bridgehead atoms. The first-order valence-corrected chi connectivity index (χ1v) is 18.9. The topological polar surface area (TPSA) is 0 Å². The summed E-state index contributed by atoms with van der Waals surface area (Å²) in [4.78, 5) is 0. The second-order valence-electron chi connectivity index (χ2n) is 15.6. The predicted molar refractivity (Wildman–Crippen MR) is 226 cm³/mol. The third-order valence-corrected chi connectivity index (χ3v) is 12.3. The van der Waals surface area contributed by atoms with Gasteiger partial charge in [0.1, 0.15) is 0 Å². The van der Waals surface area contributed by atoms with Crippen molar-refractivity contribution in [1.82, 2.24) is 0 Å². The minimum atomic E-state index is -0.0876. The summed E-state index contributed by atoms with van der Waals surface area (Å²) in [7, 11) is 0. The Bertz CT molecular complexity index is 2940. The zero-order valence-electron chi connectivity index (χ0n) is 30.1. The molecule has 2 aliphatic rings. The van der Waals surface area contributed by atoms with Gasteiger partial charge in [-0.3, -0.25) is 0 Å². The first-order chi connectivity index (χ1) is 26.0. The molecule has 0 aliphatic heterocycles. The Hall–Kier alpha value is -6.24. The third-order valence-electron chi connectivity index (χ3n) is 12.3. The van der Waals surface area contributed by atoms with Crippen molar-refractivity contribution in [3.63, 3.8) is 0 Å². The number of fused-ring (bicyclic) bond motifs is 4. The molecular weight excluding hydrogens is 637 g/mol. The van der Waals surface area contributed by atoms with Crippen LogP contribution >= 0.6 is 0 Å². The summed E-state index contributed by atoms with van der Waals surface area (Å²) in [5.74, 6) is 0. The van der Waals surface area contributed by atoms with Crippen molar-refractivity contribution >= 4 is 32.3 Å². The maximum atomic E-state index is 2.45. The lowest BCUT2D eigenvalue weighted by Crippen LogP contribution is -2.15. The van der Waals surface area contributed by atoms with Gasteiger partial charge in [-0.15, -0.1) is 0 Å². The molecule has 0 heterocycles.